The van der Waals surface area contributed by atoms with Gasteiger partial charge in [-0.25, -0.2) is 4.39 Å². The van der Waals surface area contributed by atoms with Gasteiger partial charge in [-0.15, -0.1) is 0 Å². The Balaban J connectivity index is 2.17. The summed E-state index contributed by atoms with van der Waals surface area (Å²) in [6.07, 6.45) is -10.6. The first-order valence-corrected chi connectivity index (χ1v) is 7.49. The summed E-state index contributed by atoms with van der Waals surface area (Å²) < 4.78 is 57.9. The van der Waals surface area contributed by atoms with Gasteiger partial charge in [0.25, 0.3) is 5.56 Å². The van der Waals surface area contributed by atoms with Crippen LogP contribution in [0, 0.1) is 12.7 Å². The smallest absolute Gasteiger partial charge is 0.394 e. The van der Waals surface area contributed by atoms with E-state index in [1.54, 1.807) is 4.98 Å². The first-order chi connectivity index (χ1) is 12.1. The predicted molar refractivity (Wildman–Crippen MR) is 77.9 cm³/mol. The van der Waals surface area contributed by atoms with Gasteiger partial charge in [0.15, 0.2) is 11.5 Å². The fourth-order valence-corrected chi connectivity index (χ4v) is 2.93. The van der Waals surface area contributed by atoms with E-state index in [-0.39, 0.29) is 11.1 Å². The maximum Gasteiger partial charge on any atom is 0.434 e. The second kappa shape index (κ2) is 6.27. The van der Waals surface area contributed by atoms with E-state index in [1.807, 2.05) is 0 Å². The predicted octanol–water partition coefficient (Wildman–Crippen LogP) is 0.495. The van der Waals surface area contributed by atoms with Crippen molar-refractivity contribution in [3.63, 3.8) is 0 Å². The minimum atomic E-state index is -5.00. The van der Waals surface area contributed by atoms with Crippen LogP contribution in [0.2, 0.25) is 0 Å². The van der Waals surface area contributed by atoms with E-state index in [0.717, 1.165) is 13.0 Å². The number of aromatic nitrogens is 2. The van der Waals surface area contributed by atoms with Gasteiger partial charge in [-0.2, -0.15) is 18.2 Å². The molecule has 11 heteroatoms. The average Bonchev–Trinajstić information content (AvgIpc) is 2.84. The van der Waals surface area contributed by atoms with Crippen molar-refractivity contribution in [2.45, 2.75) is 37.5 Å². The maximum absolute atomic E-state index is 14.1. The van der Waals surface area contributed by atoms with Gasteiger partial charge in [0.2, 0.25) is 0 Å². The third-order valence-corrected chi connectivity index (χ3v) is 4.34. The van der Waals surface area contributed by atoms with Crippen LogP contribution in [0.5, 0.6) is 0 Å². The van der Waals surface area contributed by atoms with Gasteiger partial charge in [0.05, 0.1) is 12.2 Å². The second-order valence-corrected chi connectivity index (χ2v) is 5.97. The topological polar surface area (TPSA) is 116 Å². The van der Waals surface area contributed by atoms with Gasteiger partial charge in [-0.3, -0.25) is 4.79 Å². The molecule has 142 valence electrons. The molecule has 1 fully saturated rings. The molecular weight excluding hydrogens is 364 g/mol. The molecule has 3 rings (SSSR count). The minimum Gasteiger partial charge on any atom is -0.394 e. The highest BCUT2D eigenvalue weighted by Gasteiger charge is 2.45. The Morgan fingerprint density at radius 2 is 1.96 bits per heavy atom. The summed E-state index contributed by atoms with van der Waals surface area (Å²) in [7, 11) is 0. The van der Waals surface area contributed by atoms with E-state index in [9.17, 15) is 32.6 Å². The first-order valence-electron chi connectivity index (χ1n) is 7.49. The van der Waals surface area contributed by atoms with Gasteiger partial charge in [0.1, 0.15) is 30.2 Å². The highest BCUT2D eigenvalue weighted by Crippen LogP contribution is 2.37. The molecule has 7 nitrogen and oxygen atoms in total. The number of rotatable bonds is 2. The monoisotopic (exact) mass is 378 g/mol. The third-order valence-electron chi connectivity index (χ3n) is 4.34. The molecule has 0 saturated carbocycles. The fraction of sp³-hybridized carbons (Fsp3) is 0.467. The van der Waals surface area contributed by atoms with Gasteiger partial charge in [-0.05, 0) is 18.6 Å². The quantitative estimate of drug-likeness (QED) is 0.566. The summed E-state index contributed by atoms with van der Waals surface area (Å²) >= 11 is 0. The van der Waals surface area contributed by atoms with Crippen LogP contribution in [-0.4, -0.2) is 50.2 Å². The van der Waals surface area contributed by atoms with E-state index in [1.165, 1.54) is 0 Å². The number of ether oxygens (including phenoxy) is 1. The first kappa shape index (κ1) is 18.7. The second-order valence-electron chi connectivity index (χ2n) is 5.97. The number of pyridine rings is 2. The molecule has 3 aliphatic heterocycles. The molecule has 0 spiro atoms. The molecular formula is C15H14F4N2O5. The van der Waals surface area contributed by atoms with Crippen LogP contribution in [0.4, 0.5) is 17.6 Å². The Labute approximate surface area is 143 Å². The van der Waals surface area contributed by atoms with Gasteiger partial charge in [0, 0.05) is 5.56 Å². The number of fused-ring (bicyclic) bond motifs is 1. The molecule has 1 saturated heterocycles. The van der Waals surface area contributed by atoms with E-state index in [0.29, 0.717) is 0 Å². The third kappa shape index (κ3) is 2.86. The Kier molecular flexibility index (Phi) is 4.51. The molecule has 0 amide bonds. The minimum absolute atomic E-state index is 0.108. The summed E-state index contributed by atoms with van der Waals surface area (Å²) in [5, 5.41) is 28.9. The van der Waals surface area contributed by atoms with Crippen LogP contribution in [0.25, 0.3) is 11.4 Å². The summed E-state index contributed by atoms with van der Waals surface area (Å²) in [5.74, 6) is -2.02. The van der Waals surface area contributed by atoms with Crippen LogP contribution < -0.4 is 5.56 Å². The zero-order valence-electron chi connectivity index (χ0n) is 13.2. The average molecular weight is 378 g/mol. The van der Waals surface area contributed by atoms with E-state index in [4.69, 9.17) is 9.84 Å². The lowest BCUT2D eigenvalue weighted by Gasteiger charge is -2.19. The normalized spacial score (nSPS) is 26.6. The lowest BCUT2D eigenvalue weighted by Crippen LogP contribution is -2.33. The van der Waals surface area contributed by atoms with Crippen LogP contribution in [0.1, 0.15) is 22.9 Å². The van der Waals surface area contributed by atoms with Gasteiger partial charge in [-0.1, -0.05) is 0 Å². The number of hydrogen-bond acceptors (Lipinski definition) is 6. The van der Waals surface area contributed by atoms with Crippen molar-refractivity contribution in [2.75, 3.05) is 6.61 Å². The van der Waals surface area contributed by atoms with Crippen molar-refractivity contribution in [1.29, 1.82) is 0 Å². The Morgan fingerprint density at radius 1 is 1.31 bits per heavy atom. The van der Waals surface area contributed by atoms with Crippen molar-refractivity contribution in [3.05, 3.63) is 39.1 Å². The van der Waals surface area contributed by atoms with E-state index < -0.39 is 65.7 Å². The number of hydrogen-bond donors (Lipinski definition) is 4. The van der Waals surface area contributed by atoms with Crippen LogP contribution >= 0.6 is 0 Å². The number of aliphatic hydroxyl groups is 3. The molecule has 0 radical (unpaired) electrons. The zero-order chi connectivity index (χ0) is 19.4. The van der Waals surface area contributed by atoms with E-state index in [2.05, 4.69) is 4.98 Å². The standard InChI is InChI=1S/C15H14F4N2O5/c1-4-5-2-6(11-10(24)9(23)7(3-22)26-11)14(25)21-13(5)20-12(8(4)16)15(17,18)19/h2,7,9-11,22-24H,3H2,1H3,(H,20,21,25)/t7-,9?,10+,11+/m1/s1. The lowest BCUT2D eigenvalue weighted by molar-refractivity contribution is -0.143. The molecule has 0 aromatic carbocycles. The maximum atomic E-state index is 14.1. The van der Waals surface area contributed by atoms with Crippen molar-refractivity contribution in [3.8, 4) is 11.4 Å². The molecule has 3 heterocycles. The number of aliphatic hydroxyl groups excluding tert-OH is 3. The highest BCUT2D eigenvalue weighted by atomic mass is 19.4. The molecule has 0 aliphatic carbocycles. The number of alkyl halides is 3. The summed E-state index contributed by atoms with van der Waals surface area (Å²) in [4.78, 5) is 17.4. The summed E-state index contributed by atoms with van der Waals surface area (Å²) in [5.41, 5.74) is -3.44. The highest BCUT2D eigenvalue weighted by molar-refractivity contribution is 5.63. The van der Waals surface area contributed by atoms with Crippen LogP contribution in [0.15, 0.2) is 10.9 Å². The molecule has 26 heavy (non-hydrogen) atoms. The Hall–Kier alpha value is -2.08. The summed E-state index contributed by atoms with van der Waals surface area (Å²) in [6.45, 7) is 0.467. The van der Waals surface area contributed by atoms with Crippen LogP contribution in [0.3, 0.4) is 0 Å². The SMILES string of the molecule is Cc1c2cc([C@@H]3O[C@H](CO)C(O)[C@@H]3O)c(=O)nc-2[nH]c(C(F)(F)F)c1F. The van der Waals surface area contributed by atoms with Gasteiger partial charge < -0.3 is 25.0 Å². The van der Waals surface area contributed by atoms with E-state index >= 15 is 0 Å². The number of nitrogens with one attached hydrogen (secondary N) is 1. The number of halogens is 4. The van der Waals surface area contributed by atoms with Crippen LogP contribution in [-0.2, 0) is 10.9 Å². The van der Waals surface area contributed by atoms with Crippen molar-refractivity contribution in [1.82, 2.24) is 9.97 Å². The molecule has 0 bridgehead atoms. The molecule has 4 N–H and O–H groups in total. The Bertz CT molecular complexity index is 868. The largest absolute Gasteiger partial charge is 0.434 e. The fourth-order valence-electron chi connectivity index (χ4n) is 2.93. The van der Waals surface area contributed by atoms with Crippen molar-refractivity contribution < 1.29 is 37.6 Å². The lowest BCUT2D eigenvalue weighted by atomic mass is 9.98. The number of nitrogens with zero attached hydrogens (tertiary/aromatic N) is 1. The zero-order valence-corrected chi connectivity index (χ0v) is 13.2. The molecule has 0 aromatic heterocycles. The van der Waals surface area contributed by atoms with Crippen molar-refractivity contribution >= 4 is 0 Å². The van der Waals surface area contributed by atoms with Gasteiger partial charge >= 0.3 is 6.18 Å². The summed E-state index contributed by atoms with van der Waals surface area (Å²) in [6, 6.07) is 1.06. The Morgan fingerprint density at radius 3 is 2.50 bits per heavy atom. The molecule has 0 aromatic rings. The number of H-pyrrole nitrogens is 1. The molecule has 4 atom stereocenters. The molecule has 1 unspecified atom stereocenters. The molecule has 3 aliphatic rings. The van der Waals surface area contributed by atoms with Crippen molar-refractivity contribution in [2.24, 2.45) is 0 Å². The number of aromatic amines is 1.